The zero-order valence-corrected chi connectivity index (χ0v) is 22.4. The van der Waals surface area contributed by atoms with Gasteiger partial charge in [-0.05, 0) is 69.3 Å². The number of ether oxygens (including phenoxy) is 5. The van der Waals surface area contributed by atoms with E-state index in [9.17, 15) is 9.59 Å². The number of hydrogen-bond donors (Lipinski definition) is 0. The topological polar surface area (TPSA) is 132 Å². The average molecular weight is 567 g/mol. The number of fused-ring (bicyclic) bond motifs is 2. The summed E-state index contributed by atoms with van der Waals surface area (Å²) in [7, 11) is 0. The summed E-state index contributed by atoms with van der Waals surface area (Å²) in [6.07, 6.45) is 0.0390. The predicted octanol–water partition coefficient (Wildman–Crippen LogP) is 6.47. The fourth-order valence-corrected chi connectivity index (χ4v) is 3.79. The van der Waals surface area contributed by atoms with Gasteiger partial charge in [-0.1, -0.05) is 11.6 Å². The van der Waals surface area contributed by atoms with Crippen molar-refractivity contribution in [3.05, 3.63) is 65.7 Å². The molecule has 206 valence electrons. The Kier molecular flexibility index (Phi) is 7.47. The number of oxazole rings is 2. The molecule has 0 aliphatic carbocycles. The molecule has 0 amide bonds. The van der Waals surface area contributed by atoms with E-state index >= 15 is 0 Å². The number of nitrogens with zero attached hydrogens (tertiary/aromatic N) is 2. The Morgan fingerprint density at radius 1 is 0.750 bits per heavy atom. The molecule has 0 atom stereocenters. The van der Waals surface area contributed by atoms with Gasteiger partial charge in [0.05, 0.1) is 13.2 Å². The SMILES string of the molecule is CCOC(=O)C(C)(Oc1ccc(Oc2nc3ccc(Oc4nc5ccc(Cl)cc5o4)cc3o2)cc1)C(=O)OCC. The lowest BCUT2D eigenvalue weighted by Gasteiger charge is -2.26. The zero-order valence-electron chi connectivity index (χ0n) is 21.6. The monoisotopic (exact) mass is 566 g/mol. The van der Waals surface area contributed by atoms with Crippen molar-refractivity contribution in [2.75, 3.05) is 13.2 Å². The van der Waals surface area contributed by atoms with Gasteiger partial charge < -0.3 is 32.5 Å². The Morgan fingerprint density at radius 3 is 1.85 bits per heavy atom. The zero-order chi connectivity index (χ0) is 28.3. The van der Waals surface area contributed by atoms with Crippen molar-refractivity contribution in [3.63, 3.8) is 0 Å². The van der Waals surface area contributed by atoms with Gasteiger partial charge in [0.15, 0.2) is 11.2 Å². The van der Waals surface area contributed by atoms with Crippen molar-refractivity contribution in [2.24, 2.45) is 0 Å². The van der Waals surface area contributed by atoms with Gasteiger partial charge in [0.1, 0.15) is 28.3 Å². The molecule has 2 heterocycles. The van der Waals surface area contributed by atoms with E-state index in [-0.39, 0.29) is 31.1 Å². The number of aromatic nitrogens is 2. The quantitative estimate of drug-likeness (QED) is 0.136. The van der Waals surface area contributed by atoms with Crippen LogP contribution >= 0.6 is 11.6 Å². The van der Waals surface area contributed by atoms with E-state index in [1.54, 1.807) is 62.4 Å². The van der Waals surface area contributed by atoms with Crippen LogP contribution in [0.4, 0.5) is 0 Å². The lowest BCUT2D eigenvalue weighted by Crippen LogP contribution is -2.51. The summed E-state index contributed by atoms with van der Waals surface area (Å²) in [6.45, 7) is 4.71. The van der Waals surface area contributed by atoms with Gasteiger partial charge in [-0.25, -0.2) is 9.59 Å². The molecular weight excluding hydrogens is 544 g/mol. The summed E-state index contributed by atoms with van der Waals surface area (Å²) in [4.78, 5) is 33.5. The van der Waals surface area contributed by atoms with Crippen LogP contribution in [0.25, 0.3) is 22.2 Å². The largest absolute Gasteiger partial charge is 0.464 e. The van der Waals surface area contributed by atoms with Crippen LogP contribution in [0.2, 0.25) is 5.02 Å². The molecule has 0 saturated carbocycles. The molecular formula is C28H23ClN2O9. The first-order valence-corrected chi connectivity index (χ1v) is 12.6. The molecule has 40 heavy (non-hydrogen) atoms. The molecule has 5 rings (SSSR count). The fourth-order valence-electron chi connectivity index (χ4n) is 3.63. The van der Waals surface area contributed by atoms with Crippen LogP contribution < -0.4 is 14.2 Å². The van der Waals surface area contributed by atoms with Crippen LogP contribution in [0, 0.1) is 0 Å². The third kappa shape index (κ3) is 5.64. The maximum absolute atomic E-state index is 12.4. The highest BCUT2D eigenvalue weighted by atomic mass is 35.5. The first-order chi connectivity index (χ1) is 19.3. The van der Waals surface area contributed by atoms with Crippen LogP contribution in [-0.2, 0) is 19.1 Å². The van der Waals surface area contributed by atoms with Gasteiger partial charge >= 0.3 is 24.1 Å². The molecule has 0 fully saturated rings. The summed E-state index contributed by atoms with van der Waals surface area (Å²) in [5, 5.41) is 0.528. The van der Waals surface area contributed by atoms with Crippen molar-refractivity contribution >= 4 is 45.7 Å². The summed E-state index contributed by atoms with van der Waals surface area (Å²) in [5.41, 5.74) is 0.0808. The number of benzene rings is 3. The van der Waals surface area contributed by atoms with Gasteiger partial charge in [0.25, 0.3) is 5.60 Å². The Morgan fingerprint density at radius 2 is 1.25 bits per heavy atom. The summed E-state index contributed by atoms with van der Waals surface area (Å²) < 4.78 is 38.5. The van der Waals surface area contributed by atoms with Gasteiger partial charge in [0.2, 0.25) is 0 Å². The number of hydrogen-bond acceptors (Lipinski definition) is 11. The first kappa shape index (κ1) is 26.8. The minimum Gasteiger partial charge on any atom is -0.464 e. The maximum Gasteiger partial charge on any atom is 0.400 e. The van der Waals surface area contributed by atoms with Crippen LogP contribution in [0.15, 0.2) is 69.5 Å². The lowest BCUT2D eigenvalue weighted by atomic mass is 10.1. The highest BCUT2D eigenvalue weighted by molar-refractivity contribution is 6.31. The van der Waals surface area contributed by atoms with Crippen molar-refractivity contribution in [1.82, 2.24) is 9.97 Å². The summed E-state index contributed by atoms with van der Waals surface area (Å²) in [6, 6.07) is 16.3. The first-order valence-electron chi connectivity index (χ1n) is 12.2. The van der Waals surface area contributed by atoms with Gasteiger partial charge in [0, 0.05) is 17.2 Å². The minimum atomic E-state index is -1.97. The second kappa shape index (κ2) is 11.1. The molecule has 5 aromatic rings. The van der Waals surface area contributed by atoms with Crippen molar-refractivity contribution in [2.45, 2.75) is 26.4 Å². The number of carbonyl (C=O) groups is 2. The molecule has 0 aliphatic rings. The molecule has 0 N–H and O–H groups in total. The fraction of sp³-hybridized carbons (Fsp3) is 0.214. The molecule has 0 radical (unpaired) electrons. The van der Waals surface area contributed by atoms with Crippen LogP contribution in [0.3, 0.4) is 0 Å². The summed E-state index contributed by atoms with van der Waals surface area (Å²) in [5.74, 6) is -0.708. The van der Waals surface area contributed by atoms with E-state index in [0.29, 0.717) is 38.7 Å². The maximum atomic E-state index is 12.4. The van der Waals surface area contributed by atoms with E-state index in [2.05, 4.69) is 9.97 Å². The smallest absolute Gasteiger partial charge is 0.400 e. The highest BCUT2D eigenvalue weighted by Gasteiger charge is 2.47. The molecule has 0 saturated heterocycles. The minimum absolute atomic E-state index is 0.0137. The molecule has 12 heteroatoms. The molecule has 0 unspecified atom stereocenters. The number of esters is 2. The van der Waals surface area contributed by atoms with Crippen LogP contribution in [0.5, 0.6) is 29.4 Å². The third-order valence-electron chi connectivity index (χ3n) is 5.56. The Bertz CT molecular complexity index is 1660. The molecule has 0 spiro atoms. The van der Waals surface area contributed by atoms with E-state index in [4.69, 9.17) is 44.1 Å². The second-order valence-corrected chi connectivity index (χ2v) is 8.89. The van der Waals surface area contributed by atoms with E-state index < -0.39 is 17.5 Å². The van der Waals surface area contributed by atoms with Gasteiger partial charge in [-0.15, -0.1) is 0 Å². The van der Waals surface area contributed by atoms with Gasteiger partial charge in [-0.2, -0.15) is 9.97 Å². The predicted molar refractivity (Wildman–Crippen MR) is 142 cm³/mol. The number of halogens is 1. The second-order valence-electron chi connectivity index (χ2n) is 8.45. The number of carbonyl (C=O) groups excluding carboxylic acids is 2. The standard InChI is InChI=1S/C28H23ClN2O9/c1-4-34-24(32)28(3,25(33)35-5-2)40-18-9-7-17(8-10-18)36-26-31-21-13-11-19(15-23(21)39-26)37-27-30-20-12-6-16(29)14-22(20)38-27/h6-15H,4-5H2,1-3H3. The van der Waals surface area contributed by atoms with Gasteiger partial charge in [-0.3, -0.25) is 0 Å². The molecule has 11 nitrogen and oxygen atoms in total. The molecule has 0 aliphatic heterocycles. The normalized spacial score (nSPS) is 11.4. The third-order valence-corrected chi connectivity index (χ3v) is 5.79. The van der Waals surface area contributed by atoms with E-state index in [0.717, 1.165) is 0 Å². The van der Waals surface area contributed by atoms with E-state index in [1.165, 1.54) is 19.1 Å². The van der Waals surface area contributed by atoms with E-state index in [1.807, 2.05) is 0 Å². The Balaban J connectivity index is 1.28. The summed E-state index contributed by atoms with van der Waals surface area (Å²) >= 11 is 5.99. The molecule has 0 bridgehead atoms. The number of rotatable bonds is 10. The van der Waals surface area contributed by atoms with Crippen LogP contribution in [-0.4, -0.2) is 40.7 Å². The van der Waals surface area contributed by atoms with Crippen molar-refractivity contribution < 1.29 is 42.1 Å². The average Bonchev–Trinajstić information content (AvgIpc) is 3.52. The molecule has 2 aromatic heterocycles. The molecule has 3 aromatic carbocycles. The highest BCUT2D eigenvalue weighted by Crippen LogP contribution is 2.32. The van der Waals surface area contributed by atoms with Crippen molar-refractivity contribution in [3.8, 4) is 29.4 Å². The Labute approximate surface area is 232 Å². The Hall–Kier alpha value is -4.77. The van der Waals surface area contributed by atoms with Crippen molar-refractivity contribution in [1.29, 1.82) is 0 Å². The van der Waals surface area contributed by atoms with Crippen LogP contribution in [0.1, 0.15) is 20.8 Å². The lowest BCUT2D eigenvalue weighted by molar-refractivity contribution is -0.177.